The monoisotopic (exact) mass is 426 g/mol. The SMILES string of the molecule is Cc1ccc(C)c2oc([C@H]3c4nc[nH]c4CCN3C(=O)c3nc(C(F)F)nn3C)cc12. The van der Waals surface area contributed by atoms with E-state index in [9.17, 15) is 13.6 Å². The predicted molar refractivity (Wildman–Crippen MR) is 107 cm³/mol. The van der Waals surface area contributed by atoms with Gasteiger partial charge in [-0.2, -0.15) is 0 Å². The number of hydrogen-bond donors (Lipinski definition) is 1. The number of furan rings is 1. The first-order valence-electron chi connectivity index (χ1n) is 9.87. The number of imidazole rings is 1. The van der Waals surface area contributed by atoms with E-state index in [4.69, 9.17) is 4.42 Å². The summed E-state index contributed by atoms with van der Waals surface area (Å²) in [5, 5.41) is 4.64. The number of carbonyl (C=O) groups excluding carboxylic acids is 1. The number of aromatic nitrogens is 5. The van der Waals surface area contributed by atoms with Crippen molar-refractivity contribution in [1.82, 2.24) is 29.6 Å². The number of carbonyl (C=O) groups is 1. The molecule has 0 radical (unpaired) electrons. The van der Waals surface area contributed by atoms with Gasteiger partial charge in [-0.1, -0.05) is 12.1 Å². The zero-order valence-electron chi connectivity index (χ0n) is 17.2. The van der Waals surface area contributed by atoms with Crippen LogP contribution in [0.15, 0.2) is 28.9 Å². The van der Waals surface area contributed by atoms with Crippen LogP contribution in [0.3, 0.4) is 0 Å². The Bertz CT molecular complexity index is 1270. The molecule has 1 aliphatic heterocycles. The summed E-state index contributed by atoms with van der Waals surface area (Å²) < 4.78 is 33.4. The Morgan fingerprint density at radius 2 is 2.06 bits per heavy atom. The van der Waals surface area contributed by atoms with E-state index >= 15 is 0 Å². The molecule has 0 fully saturated rings. The van der Waals surface area contributed by atoms with Crippen LogP contribution in [0.1, 0.15) is 57.2 Å². The number of nitrogens with zero attached hydrogens (tertiary/aromatic N) is 5. The third kappa shape index (κ3) is 3.01. The maximum atomic E-state index is 13.4. The fourth-order valence-electron chi connectivity index (χ4n) is 4.14. The molecule has 10 heteroatoms. The molecule has 4 aromatic rings. The quantitative estimate of drug-likeness (QED) is 0.540. The molecule has 1 atom stereocenters. The second-order valence-electron chi connectivity index (χ2n) is 7.73. The van der Waals surface area contributed by atoms with Crippen LogP contribution in [0.5, 0.6) is 0 Å². The van der Waals surface area contributed by atoms with Gasteiger partial charge in [-0.3, -0.25) is 4.79 Å². The lowest BCUT2D eigenvalue weighted by molar-refractivity contribution is 0.0654. The lowest BCUT2D eigenvalue weighted by Gasteiger charge is -2.33. The summed E-state index contributed by atoms with van der Waals surface area (Å²) in [6.45, 7) is 4.31. The minimum atomic E-state index is -2.86. The maximum absolute atomic E-state index is 13.4. The van der Waals surface area contributed by atoms with Crippen LogP contribution in [-0.2, 0) is 13.5 Å². The molecule has 0 bridgehead atoms. The lowest BCUT2D eigenvalue weighted by atomic mass is 9.99. The first-order chi connectivity index (χ1) is 14.8. The summed E-state index contributed by atoms with van der Waals surface area (Å²) in [5.74, 6) is -0.767. The average molecular weight is 426 g/mol. The zero-order chi connectivity index (χ0) is 21.9. The van der Waals surface area contributed by atoms with E-state index in [-0.39, 0.29) is 5.82 Å². The summed E-state index contributed by atoms with van der Waals surface area (Å²) in [5.41, 5.74) is 4.38. The van der Waals surface area contributed by atoms with Crippen LogP contribution in [0, 0.1) is 13.8 Å². The normalized spacial score (nSPS) is 16.3. The topological polar surface area (TPSA) is 92.8 Å². The highest BCUT2D eigenvalue weighted by atomic mass is 19.3. The molecule has 0 unspecified atom stereocenters. The molecule has 5 rings (SSSR count). The molecular weight excluding hydrogens is 406 g/mol. The Kier molecular flexibility index (Phi) is 4.38. The van der Waals surface area contributed by atoms with Crippen molar-refractivity contribution in [2.45, 2.75) is 32.7 Å². The Morgan fingerprint density at radius 3 is 2.77 bits per heavy atom. The molecule has 8 nitrogen and oxygen atoms in total. The Hall–Kier alpha value is -3.56. The van der Waals surface area contributed by atoms with Gasteiger partial charge in [-0.05, 0) is 31.0 Å². The van der Waals surface area contributed by atoms with Crippen LogP contribution in [0.25, 0.3) is 11.0 Å². The molecule has 1 aliphatic rings. The maximum Gasteiger partial charge on any atom is 0.299 e. The Morgan fingerprint density at radius 1 is 1.29 bits per heavy atom. The van der Waals surface area contributed by atoms with Gasteiger partial charge in [0.25, 0.3) is 12.3 Å². The van der Waals surface area contributed by atoms with Gasteiger partial charge in [0.2, 0.25) is 11.6 Å². The fraction of sp³-hybridized carbons (Fsp3) is 0.333. The van der Waals surface area contributed by atoms with E-state index < -0.39 is 24.2 Å². The highest BCUT2D eigenvalue weighted by molar-refractivity contribution is 5.92. The van der Waals surface area contributed by atoms with Crippen molar-refractivity contribution in [2.75, 3.05) is 6.54 Å². The largest absolute Gasteiger partial charge is 0.458 e. The van der Waals surface area contributed by atoms with Gasteiger partial charge in [-0.15, -0.1) is 5.10 Å². The van der Waals surface area contributed by atoms with Crippen LogP contribution in [-0.4, -0.2) is 42.1 Å². The molecule has 160 valence electrons. The van der Waals surface area contributed by atoms with E-state index in [0.717, 1.165) is 32.5 Å². The molecule has 0 spiro atoms. The number of benzene rings is 1. The summed E-state index contributed by atoms with van der Waals surface area (Å²) >= 11 is 0. The predicted octanol–water partition coefficient (Wildman–Crippen LogP) is 3.63. The first kappa shape index (κ1) is 19.4. The number of H-pyrrole nitrogens is 1. The van der Waals surface area contributed by atoms with Gasteiger partial charge < -0.3 is 14.3 Å². The van der Waals surface area contributed by atoms with Gasteiger partial charge in [-0.25, -0.2) is 23.4 Å². The fourth-order valence-corrected chi connectivity index (χ4v) is 4.14. The number of aryl methyl sites for hydroxylation is 3. The van der Waals surface area contributed by atoms with Crippen LogP contribution < -0.4 is 0 Å². The summed E-state index contributed by atoms with van der Waals surface area (Å²) in [4.78, 5) is 26.3. The molecule has 1 aromatic carbocycles. The van der Waals surface area contributed by atoms with Crippen molar-refractivity contribution < 1.29 is 18.0 Å². The van der Waals surface area contributed by atoms with Crippen molar-refractivity contribution in [3.05, 3.63) is 64.5 Å². The highest BCUT2D eigenvalue weighted by Crippen LogP contribution is 2.38. The number of hydrogen-bond acceptors (Lipinski definition) is 5. The Balaban J connectivity index is 1.63. The van der Waals surface area contributed by atoms with Crippen molar-refractivity contribution in [3.63, 3.8) is 0 Å². The number of halogens is 2. The standard InChI is InChI=1S/C21H20F2N6O2/c1-10-4-5-11(2)17-12(10)8-14(31-17)16-15-13(24-9-25-15)6-7-29(16)21(30)20-26-19(18(22)23)27-28(20)3/h4-5,8-9,16,18H,6-7H2,1-3H3,(H,24,25)/t16-/m0/s1. The van der Waals surface area contributed by atoms with Crippen LogP contribution in [0.4, 0.5) is 8.78 Å². The van der Waals surface area contributed by atoms with Gasteiger partial charge >= 0.3 is 0 Å². The van der Waals surface area contributed by atoms with E-state index in [0.29, 0.717) is 24.4 Å². The minimum Gasteiger partial charge on any atom is -0.458 e. The van der Waals surface area contributed by atoms with Crippen LogP contribution in [0.2, 0.25) is 0 Å². The minimum absolute atomic E-state index is 0.150. The third-order valence-electron chi connectivity index (χ3n) is 5.74. The van der Waals surface area contributed by atoms with Crippen molar-refractivity contribution in [3.8, 4) is 0 Å². The zero-order valence-corrected chi connectivity index (χ0v) is 17.2. The number of alkyl halides is 2. The molecule has 0 aliphatic carbocycles. The second kappa shape index (κ2) is 7.00. The summed E-state index contributed by atoms with van der Waals surface area (Å²) in [6.07, 6.45) is -0.721. The van der Waals surface area contributed by atoms with E-state index in [1.165, 1.54) is 7.05 Å². The first-order valence-corrected chi connectivity index (χ1v) is 9.87. The number of fused-ring (bicyclic) bond motifs is 2. The average Bonchev–Trinajstić information content (AvgIpc) is 3.47. The molecule has 0 saturated carbocycles. The summed E-state index contributed by atoms with van der Waals surface area (Å²) in [7, 11) is 1.43. The van der Waals surface area contributed by atoms with Crippen LogP contribution >= 0.6 is 0 Å². The highest BCUT2D eigenvalue weighted by Gasteiger charge is 2.38. The molecule has 1 N–H and O–H groups in total. The molecule has 31 heavy (non-hydrogen) atoms. The summed E-state index contributed by atoms with van der Waals surface area (Å²) in [6, 6.07) is 5.32. The third-order valence-corrected chi connectivity index (χ3v) is 5.74. The molecule has 4 heterocycles. The second-order valence-corrected chi connectivity index (χ2v) is 7.73. The van der Waals surface area contributed by atoms with Gasteiger partial charge in [0.05, 0.1) is 12.0 Å². The smallest absolute Gasteiger partial charge is 0.299 e. The van der Waals surface area contributed by atoms with Crippen molar-refractivity contribution in [2.24, 2.45) is 7.05 Å². The van der Waals surface area contributed by atoms with Gasteiger partial charge in [0, 0.05) is 31.1 Å². The van der Waals surface area contributed by atoms with E-state index in [2.05, 4.69) is 20.1 Å². The number of nitrogens with one attached hydrogen (secondary N) is 1. The number of amides is 1. The van der Waals surface area contributed by atoms with E-state index in [1.54, 1.807) is 11.2 Å². The Labute approximate surface area is 175 Å². The molecule has 0 saturated heterocycles. The lowest BCUT2D eigenvalue weighted by Crippen LogP contribution is -2.41. The number of aromatic amines is 1. The van der Waals surface area contributed by atoms with Gasteiger partial charge in [0.1, 0.15) is 17.4 Å². The van der Waals surface area contributed by atoms with Gasteiger partial charge in [0.15, 0.2) is 0 Å². The number of rotatable bonds is 3. The molecule has 1 amide bonds. The van der Waals surface area contributed by atoms with Crippen molar-refractivity contribution >= 4 is 16.9 Å². The van der Waals surface area contributed by atoms with Crippen molar-refractivity contribution in [1.29, 1.82) is 0 Å². The van der Waals surface area contributed by atoms with E-state index in [1.807, 2.05) is 32.0 Å². The molecule has 3 aromatic heterocycles. The molecular formula is C21H20F2N6O2.